The zero-order chi connectivity index (χ0) is 14.6. The second-order valence-corrected chi connectivity index (χ2v) is 5.14. The van der Waals surface area contributed by atoms with Crippen LogP contribution in [0.15, 0.2) is 6.07 Å². The molecule has 0 amide bonds. The Bertz CT molecular complexity index is 448. The molecule has 0 radical (unpaired) electrons. The second-order valence-electron chi connectivity index (χ2n) is 5.14. The molecule has 6 nitrogen and oxygen atoms in total. The molecule has 0 spiro atoms. The first kappa shape index (κ1) is 15.2. The Balaban J connectivity index is 2.90. The molecule has 0 aliphatic heterocycles. The Morgan fingerprint density at radius 3 is 2.58 bits per heavy atom. The molecule has 0 aliphatic rings. The van der Waals surface area contributed by atoms with Gasteiger partial charge in [-0.1, -0.05) is 13.8 Å². The summed E-state index contributed by atoms with van der Waals surface area (Å²) in [7, 11) is 1.96. The number of hydrogen-bond donors (Lipinski definition) is 2. The van der Waals surface area contributed by atoms with Crippen LogP contribution in [0.25, 0.3) is 0 Å². The Labute approximate surface area is 113 Å². The summed E-state index contributed by atoms with van der Waals surface area (Å²) in [5.74, 6) is 1.56. The number of aryl methyl sites for hydroxylation is 1. The summed E-state index contributed by atoms with van der Waals surface area (Å²) in [6, 6.07) is 1.09. The SMILES string of the molecule is Cc1nc(NC(C)C(=O)O)cc(N(C)CC(C)C)n1. The van der Waals surface area contributed by atoms with Crippen LogP contribution in [0, 0.1) is 12.8 Å². The molecule has 19 heavy (non-hydrogen) atoms. The largest absolute Gasteiger partial charge is 0.480 e. The summed E-state index contributed by atoms with van der Waals surface area (Å²) >= 11 is 0. The lowest BCUT2D eigenvalue weighted by atomic mass is 10.2. The third-order valence-corrected chi connectivity index (χ3v) is 2.59. The minimum Gasteiger partial charge on any atom is -0.480 e. The minimum atomic E-state index is -0.909. The zero-order valence-electron chi connectivity index (χ0n) is 12.1. The molecule has 106 valence electrons. The van der Waals surface area contributed by atoms with E-state index in [1.807, 2.05) is 11.9 Å². The van der Waals surface area contributed by atoms with Crippen molar-refractivity contribution in [3.8, 4) is 0 Å². The first-order chi connectivity index (χ1) is 8.79. The fraction of sp³-hybridized carbons (Fsp3) is 0.615. The Hall–Kier alpha value is -1.85. The van der Waals surface area contributed by atoms with Crippen LogP contribution >= 0.6 is 0 Å². The predicted octanol–water partition coefficient (Wildman–Crippen LogP) is 1.76. The summed E-state index contributed by atoms with van der Waals surface area (Å²) in [6.07, 6.45) is 0. The van der Waals surface area contributed by atoms with Crippen LogP contribution in [-0.4, -0.2) is 40.7 Å². The van der Waals surface area contributed by atoms with Crippen molar-refractivity contribution >= 4 is 17.6 Å². The number of nitrogens with zero attached hydrogens (tertiary/aromatic N) is 3. The molecular weight excluding hydrogens is 244 g/mol. The fourth-order valence-electron chi connectivity index (χ4n) is 1.75. The van der Waals surface area contributed by atoms with E-state index >= 15 is 0 Å². The molecule has 1 atom stereocenters. The van der Waals surface area contributed by atoms with E-state index < -0.39 is 12.0 Å². The van der Waals surface area contributed by atoms with Gasteiger partial charge in [-0.05, 0) is 19.8 Å². The number of carboxylic acids is 1. The van der Waals surface area contributed by atoms with E-state index in [4.69, 9.17) is 5.11 Å². The standard InChI is InChI=1S/C13H22N4O2/c1-8(2)7-17(5)12-6-11(15-10(4)16-12)14-9(3)13(18)19/h6,8-9H,7H2,1-5H3,(H,18,19)(H,14,15,16). The van der Waals surface area contributed by atoms with Crippen molar-refractivity contribution in [3.05, 3.63) is 11.9 Å². The number of aliphatic carboxylic acids is 1. The molecule has 0 fully saturated rings. The summed E-state index contributed by atoms with van der Waals surface area (Å²) in [4.78, 5) is 21.4. The van der Waals surface area contributed by atoms with Crippen LogP contribution < -0.4 is 10.2 Å². The van der Waals surface area contributed by atoms with Gasteiger partial charge in [-0.2, -0.15) is 0 Å². The van der Waals surface area contributed by atoms with Crippen molar-refractivity contribution < 1.29 is 9.90 Å². The number of nitrogens with one attached hydrogen (secondary N) is 1. The maximum Gasteiger partial charge on any atom is 0.325 e. The first-order valence-electron chi connectivity index (χ1n) is 6.35. The summed E-state index contributed by atoms with van der Waals surface area (Å²) in [6.45, 7) is 8.53. The van der Waals surface area contributed by atoms with E-state index in [0.717, 1.165) is 12.4 Å². The number of carbonyl (C=O) groups is 1. The number of rotatable bonds is 6. The van der Waals surface area contributed by atoms with Crippen molar-refractivity contribution in [2.24, 2.45) is 5.92 Å². The van der Waals surface area contributed by atoms with Gasteiger partial charge in [-0.25, -0.2) is 9.97 Å². The molecule has 1 aromatic heterocycles. The minimum absolute atomic E-state index is 0.523. The number of aromatic nitrogens is 2. The van der Waals surface area contributed by atoms with Crippen molar-refractivity contribution in [2.45, 2.75) is 33.7 Å². The zero-order valence-corrected chi connectivity index (χ0v) is 12.1. The molecular formula is C13H22N4O2. The van der Waals surface area contributed by atoms with Gasteiger partial charge in [0.2, 0.25) is 0 Å². The lowest BCUT2D eigenvalue weighted by Gasteiger charge is -2.21. The summed E-state index contributed by atoms with van der Waals surface area (Å²) in [5.41, 5.74) is 0. The Morgan fingerprint density at radius 2 is 2.05 bits per heavy atom. The fourth-order valence-corrected chi connectivity index (χ4v) is 1.75. The lowest BCUT2D eigenvalue weighted by molar-refractivity contribution is -0.137. The third-order valence-electron chi connectivity index (χ3n) is 2.59. The van der Waals surface area contributed by atoms with Gasteiger partial charge in [-0.3, -0.25) is 4.79 Å². The Morgan fingerprint density at radius 1 is 1.42 bits per heavy atom. The van der Waals surface area contributed by atoms with Gasteiger partial charge in [-0.15, -0.1) is 0 Å². The van der Waals surface area contributed by atoms with Gasteiger partial charge in [0, 0.05) is 19.7 Å². The quantitative estimate of drug-likeness (QED) is 0.817. The summed E-state index contributed by atoms with van der Waals surface area (Å²) in [5, 5.41) is 11.7. The molecule has 0 saturated carbocycles. The molecule has 2 N–H and O–H groups in total. The topological polar surface area (TPSA) is 78.3 Å². The first-order valence-corrected chi connectivity index (χ1v) is 6.35. The highest BCUT2D eigenvalue weighted by Crippen LogP contribution is 2.16. The van der Waals surface area contributed by atoms with Gasteiger partial charge in [0.15, 0.2) is 0 Å². The van der Waals surface area contributed by atoms with Crippen LogP contribution in [-0.2, 0) is 4.79 Å². The molecule has 1 aromatic rings. The van der Waals surface area contributed by atoms with Gasteiger partial charge >= 0.3 is 5.97 Å². The van der Waals surface area contributed by atoms with Gasteiger partial charge in [0.25, 0.3) is 0 Å². The molecule has 1 heterocycles. The predicted molar refractivity (Wildman–Crippen MR) is 75.6 cm³/mol. The van der Waals surface area contributed by atoms with E-state index in [1.54, 1.807) is 19.9 Å². The highest BCUT2D eigenvalue weighted by atomic mass is 16.4. The Kier molecular flexibility index (Phi) is 5.09. The van der Waals surface area contributed by atoms with Crippen molar-refractivity contribution in [1.29, 1.82) is 0 Å². The molecule has 1 rings (SSSR count). The van der Waals surface area contributed by atoms with E-state index in [9.17, 15) is 4.79 Å². The highest BCUT2D eigenvalue weighted by Gasteiger charge is 2.13. The van der Waals surface area contributed by atoms with E-state index in [-0.39, 0.29) is 0 Å². The van der Waals surface area contributed by atoms with Crippen LogP contribution in [0.3, 0.4) is 0 Å². The average Bonchev–Trinajstić information content (AvgIpc) is 2.26. The monoisotopic (exact) mass is 266 g/mol. The van der Waals surface area contributed by atoms with Crippen LogP contribution in [0.2, 0.25) is 0 Å². The molecule has 0 bridgehead atoms. The molecule has 0 aromatic carbocycles. The average molecular weight is 266 g/mol. The van der Waals surface area contributed by atoms with Crippen molar-refractivity contribution in [3.63, 3.8) is 0 Å². The number of hydrogen-bond acceptors (Lipinski definition) is 5. The van der Waals surface area contributed by atoms with Crippen molar-refractivity contribution in [1.82, 2.24) is 9.97 Å². The van der Waals surface area contributed by atoms with Gasteiger partial charge in [0.1, 0.15) is 23.5 Å². The highest BCUT2D eigenvalue weighted by molar-refractivity contribution is 5.76. The van der Waals surface area contributed by atoms with Crippen molar-refractivity contribution in [2.75, 3.05) is 23.8 Å². The summed E-state index contributed by atoms with van der Waals surface area (Å²) < 4.78 is 0. The second kappa shape index (κ2) is 6.36. The smallest absolute Gasteiger partial charge is 0.325 e. The third kappa shape index (κ3) is 4.73. The molecule has 0 saturated heterocycles. The lowest BCUT2D eigenvalue weighted by Crippen LogP contribution is -2.27. The van der Waals surface area contributed by atoms with E-state index in [1.165, 1.54) is 0 Å². The van der Waals surface area contributed by atoms with Gasteiger partial charge in [0.05, 0.1) is 0 Å². The van der Waals surface area contributed by atoms with Crippen LogP contribution in [0.5, 0.6) is 0 Å². The van der Waals surface area contributed by atoms with Crippen LogP contribution in [0.1, 0.15) is 26.6 Å². The number of carboxylic acid groups (broad SMARTS) is 1. The van der Waals surface area contributed by atoms with Gasteiger partial charge < -0.3 is 15.3 Å². The molecule has 6 heteroatoms. The van der Waals surface area contributed by atoms with E-state index in [0.29, 0.717) is 17.6 Å². The molecule has 1 unspecified atom stereocenters. The maximum atomic E-state index is 10.8. The number of anilines is 2. The van der Waals surface area contributed by atoms with E-state index in [2.05, 4.69) is 29.1 Å². The maximum absolute atomic E-state index is 10.8. The van der Waals surface area contributed by atoms with Crippen LogP contribution in [0.4, 0.5) is 11.6 Å². The molecule has 0 aliphatic carbocycles. The normalized spacial score (nSPS) is 12.3.